The molecule has 0 aliphatic rings. The SMILES string of the molecule is Cc1[nH]c(-c2ccc3ccccc3n2)nc(=S)c1C(C)C. The summed E-state index contributed by atoms with van der Waals surface area (Å²) < 4.78 is 0.659. The Kier molecular flexibility index (Phi) is 3.55. The van der Waals surface area contributed by atoms with Gasteiger partial charge in [-0.2, -0.15) is 0 Å². The van der Waals surface area contributed by atoms with E-state index in [-0.39, 0.29) is 0 Å². The fourth-order valence-corrected chi connectivity index (χ4v) is 3.07. The second kappa shape index (κ2) is 5.37. The molecule has 2 aromatic heterocycles. The highest BCUT2D eigenvalue weighted by molar-refractivity contribution is 7.71. The van der Waals surface area contributed by atoms with Gasteiger partial charge >= 0.3 is 0 Å². The zero-order valence-electron chi connectivity index (χ0n) is 12.3. The van der Waals surface area contributed by atoms with Gasteiger partial charge in [-0.3, -0.25) is 0 Å². The van der Waals surface area contributed by atoms with Gasteiger partial charge in [0.15, 0.2) is 5.82 Å². The van der Waals surface area contributed by atoms with Crippen LogP contribution >= 0.6 is 12.2 Å². The van der Waals surface area contributed by atoms with E-state index in [1.54, 1.807) is 0 Å². The maximum Gasteiger partial charge on any atom is 0.157 e. The summed E-state index contributed by atoms with van der Waals surface area (Å²) in [6, 6.07) is 12.1. The minimum atomic E-state index is 0.361. The second-order valence-electron chi connectivity index (χ2n) is 5.47. The van der Waals surface area contributed by atoms with Crippen LogP contribution in [-0.4, -0.2) is 15.0 Å². The van der Waals surface area contributed by atoms with E-state index in [0.29, 0.717) is 10.6 Å². The Morgan fingerprint density at radius 1 is 1.05 bits per heavy atom. The predicted octanol–water partition coefficient (Wildman–Crippen LogP) is 4.79. The molecule has 2 heterocycles. The van der Waals surface area contributed by atoms with E-state index in [2.05, 4.69) is 40.9 Å². The highest BCUT2D eigenvalue weighted by Gasteiger charge is 2.11. The maximum atomic E-state index is 5.44. The van der Waals surface area contributed by atoms with E-state index in [0.717, 1.165) is 33.7 Å². The summed E-state index contributed by atoms with van der Waals surface area (Å²) in [4.78, 5) is 12.5. The van der Waals surface area contributed by atoms with E-state index in [1.165, 1.54) is 0 Å². The number of hydrogen-bond donors (Lipinski definition) is 1. The Morgan fingerprint density at radius 2 is 1.81 bits per heavy atom. The highest BCUT2D eigenvalue weighted by Crippen LogP contribution is 2.23. The zero-order valence-corrected chi connectivity index (χ0v) is 13.2. The summed E-state index contributed by atoms with van der Waals surface area (Å²) in [5.41, 5.74) is 3.95. The van der Waals surface area contributed by atoms with Crippen LogP contribution in [-0.2, 0) is 0 Å². The van der Waals surface area contributed by atoms with Crippen molar-refractivity contribution in [1.82, 2.24) is 15.0 Å². The van der Waals surface area contributed by atoms with Crippen LogP contribution in [0.2, 0.25) is 0 Å². The lowest BCUT2D eigenvalue weighted by molar-refractivity contribution is 0.824. The Morgan fingerprint density at radius 3 is 2.52 bits per heavy atom. The summed E-state index contributed by atoms with van der Waals surface area (Å²) in [5.74, 6) is 1.09. The quantitative estimate of drug-likeness (QED) is 0.691. The lowest BCUT2D eigenvalue weighted by Gasteiger charge is -2.11. The first-order valence-corrected chi connectivity index (χ1v) is 7.44. The molecule has 106 valence electrons. The third-order valence-electron chi connectivity index (χ3n) is 3.57. The molecule has 0 aliphatic carbocycles. The van der Waals surface area contributed by atoms with Crippen LogP contribution in [0.15, 0.2) is 36.4 Å². The number of benzene rings is 1. The topological polar surface area (TPSA) is 41.6 Å². The fourth-order valence-electron chi connectivity index (χ4n) is 2.59. The molecule has 1 N–H and O–H groups in total. The summed E-state index contributed by atoms with van der Waals surface area (Å²) in [6.07, 6.45) is 0. The molecule has 3 aromatic rings. The van der Waals surface area contributed by atoms with Gasteiger partial charge in [-0.15, -0.1) is 0 Å². The van der Waals surface area contributed by atoms with Crippen LogP contribution in [0.4, 0.5) is 0 Å². The third-order valence-corrected chi connectivity index (χ3v) is 3.88. The van der Waals surface area contributed by atoms with Crippen LogP contribution in [0, 0.1) is 11.6 Å². The normalized spacial score (nSPS) is 11.2. The molecule has 0 spiro atoms. The number of nitrogens with zero attached hydrogens (tertiary/aromatic N) is 2. The second-order valence-corrected chi connectivity index (χ2v) is 5.86. The number of hydrogen-bond acceptors (Lipinski definition) is 3. The monoisotopic (exact) mass is 295 g/mol. The van der Waals surface area contributed by atoms with Gasteiger partial charge in [-0.05, 0) is 25.0 Å². The van der Waals surface area contributed by atoms with Crippen molar-refractivity contribution >= 4 is 23.1 Å². The maximum absolute atomic E-state index is 5.44. The Bertz CT molecular complexity index is 865. The minimum absolute atomic E-state index is 0.361. The molecule has 0 bridgehead atoms. The first-order valence-electron chi connectivity index (χ1n) is 7.03. The summed E-state index contributed by atoms with van der Waals surface area (Å²) in [6.45, 7) is 6.29. The molecule has 0 radical (unpaired) electrons. The van der Waals surface area contributed by atoms with Gasteiger partial charge in [0, 0.05) is 16.6 Å². The molecule has 0 atom stereocenters. The average Bonchev–Trinajstić information content (AvgIpc) is 2.45. The first-order chi connectivity index (χ1) is 10.1. The van der Waals surface area contributed by atoms with E-state index < -0.39 is 0 Å². The highest BCUT2D eigenvalue weighted by atomic mass is 32.1. The van der Waals surface area contributed by atoms with E-state index in [4.69, 9.17) is 12.2 Å². The number of aromatic amines is 1. The van der Waals surface area contributed by atoms with Gasteiger partial charge in [0.1, 0.15) is 10.3 Å². The number of rotatable bonds is 2. The molecule has 3 nitrogen and oxygen atoms in total. The van der Waals surface area contributed by atoms with Crippen molar-refractivity contribution < 1.29 is 0 Å². The number of H-pyrrole nitrogens is 1. The third kappa shape index (κ3) is 2.59. The molecule has 0 amide bonds. The van der Waals surface area contributed by atoms with E-state index in [9.17, 15) is 0 Å². The Balaban J connectivity index is 2.17. The number of aromatic nitrogens is 3. The van der Waals surface area contributed by atoms with Gasteiger partial charge in [0.25, 0.3) is 0 Å². The molecule has 0 fully saturated rings. The molecule has 1 aromatic carbocycles. The number of nitrogens with one attached hydrogen (secondary N) is 1. The predicted molar refractivity (Wildman–Crippen MR) is 89.0 cm³/mol. The standard InChI is InChI=1S/C17H17N3S/c1-10(2)15-11(3)18-16(20-17(15)21)14-9-8-12-6-4-5-7-13(12)19-14/h4-10H,1-3H3,(H,18,20,21). The van der Waals surface area contributed by atoms with Crippen molar-refractivity contribution in [1.29, 1.82) is 0 Å². The lowest BCUT2D eigenvalue weighted by atomic mass is 10.0. The lowest BCUT2D eigenvalue weighted by Crippen LogP contribution is -2.02. The molecular weight excluding hydrogens is 278 g/mol. The molecule has 0 saturated heterocycles. The van der Waals surface area contributed by atoms with Crippen molar-refractivity contribution in [2.24, 2.45) is 0 Å². The van der Waals surface area contributed by atoms with Crippen molar-refractivity contribution in [2.45, 2.75) is 26.7 Å². The van der Waals surface area contributed by atoms with Crippen LogP contribution in [0.3, 0.4) is 0 Å². The van der Waals surface area contributed by atoms with Crippen molar-refractivity contribution in [2.75, 3.05) is 0 Å². The van der Waals surface area contributed by atoms with Crippen LogP contribution in [0.1, 0.15) is 31.0 Å². The molecule has 0 unspecified atom stereocenters. The van der Waals surface area contributed by atoms with Crippen LogP contribution in [0.5, 0.6) is 0 Å². The number of aryl methyl sites for hydroxylation is 1. The Hall–Kier alpha value is -2.07. The van der Waals surface area contributed by atoms with Crippen molar-refractivity contribution in [3.63, 3.8) is 0 Å². The van der Waals surface area contributed by atoms with Gasteiger partial charge in [-0.25, -0.2) is 9.97 Å². The van der Waals surface area contributed by atoms with Crippen LogP contribution in [0.25, 0.3) is 22.4 Å². The molecule has 4 heteroatoms. The molecule has 21 heavy (non-hydrogen) atoms. The van der Waals surface area contributed by atoms with Gasteiger partial charge in [-0.1, -0.05) is 50.3 Å². The summed E-state index contributed by atoms with van der Waals surface area (Å²) >= 11 is 5.44. The number of pyridine rings is 1. The van der Waals surface area contributed by atoms with Crippen molar-refractivity contribution in [3.8, 4) is 11.5 Å². The summed E-state index contributed by atoms with van der Waals surface area (Å²) in [7, 11) is 0. The van der Waals surface area contributed by atoms with Gasteiger partial charge < -0.3 is 4.98 Å². The smallest absolute Gasteiger partial charge is 0.157 e. The first kappa shape index (κ1) is 13.9. The van der Waals surface area contributed by atoms with Gasteiger partial charge in [0.05, 0.1) is 5.52 Å². The minimum Gasteiger partial charge on any atom is -0.342 e. The largest absolute Gasteiger partial charge is 0.342 e. The zero-order chi connectivity index (χ0) is 15.0. The summed E-state index contributed by atoms with van der Waals surface area (Å²) in [5, 5.41) is 1.12. The van der Waals surface area contributed by atoms with E-state index in [1.807, 2.05) is 31.2 Å². The fraction of sp³-hybridized carbons (Fsp3) is 0.235. The molecule has 0 aliphatic heterocycles. The van der Waals surface area contributed by atoms with Gasteiger partial charge in [0.2, 0.25) is 0 Å². The molecular formula is C17H17N3S. The van der Waals surface area contributed by atoms with Crippen molar-refractivity contribution in [3.05, 3.63) is 52.3 Å². The number of fused-ring (bicyclic) bond motifs is 1. The molecule has 0 saturated carbocycles. The number of para-hydroxylation sites is 1. The Labute approximate surface area is 129 Å². The average molecular weight is 295 g/mol. The van der Waals surface area contributed by atoms with Crippen LogP contribution < -0.4 is 0 Å². The molecule has 3 rings (SSSR count). The van der Waals surface area contributed by atoms with E-state index >= 15 is 0 Å².